The highest BCUT2D eigenvalue weighted by atomic mass is 32.2. The molecule has 0 amide bonds. The van der Waals surface area contributed by atoms with Gasteiger partial charge in [-0.15, -0.1) is 0 Å². The minimum atomic E-state index is -3.50. The van der Waals surface area contributed by atoms with Gasteiger partial charge in [-0.05, 0) is 39.9 Å². The standard InChI is InChI=1S/C18H16O6S/c1-22-18(19)11-4-6-13-15(8-11)17-14-7-10(9-23-25(2,20)21)3-5-12(14)16(13)24-17/h3-8,16-17H,9H2,1-2H3/t16-,17+/m0/s1. The molecule has 0 aromatic heterocycles. The molecule has 2 atom stereocenters. The number of methoxy groups -OCH3 is 1. The lowest BCUT2D eigenvalue weighted by molar-refractivity contribution is 0.0600. The Morgan fingerprint density at radius 1 is 1.04 bits per heavy atom. The summed E-state index contributed by atoms with van der Waals surface area (Å²) in [5, 5.41) is 0. The second-order valence-electron chi connectivity index (χ2n) is 6.16. The molecule has 6 nitrogen and oxygen atoms in total. The summed E-state index contributed by atoms with van der Waals surface area (Å²) in [6.07, 6.45) is 0.597. The first-order valence-corrected chi connectivity index (χ1v) is 9.54. The number of carbonyl (C=O) groups excluding carboxylic acids is 1. The molecule has 0 fully saturated rings. The number of carbonyl (C=O) groups is 1. The maximum absolute atomic E-state index is 11.8. The zero-order chi connectivity index (χ0) is 17.8. The third-order valence-corrected chi connectivity index (χ3v) is 5.05. The van der Waals surface area contributed by atoms with Gasteiger partial charge in [0, 0.05) is 0 Å². The molecular formula is C18H16O6S. The molecule has 0 unspecified atom stereocenters. The molecule has 0 N–H and O–H groups in total. The molecule has 2 aliphatic heterocycles. The molecule has 25 heavy (non-hydrogen) atoms. The summed E-state index contributed by atoms with van der Waals surface area (Å²) in [6.45, 7) is -0.0153. The summed E-state index contributed by atoms with van der Waals surface area (Å²) >= 11 is 0. The van der Waals surface area contributed by atoms with Crippen LogP contribution in [0.4, 0.5) is 0 Å². The summed E-state index contributed by atoms with van der Waals surface area (Å²) in [5.74, 6) is -0.388. The van der Waals surface area contributed by atoms with Crippen molar-refractivity contribution in [1.82, 2.24) is 0 Å². The molecule has 2 bridgehead atoms. The van der Waals surface area contributed by atoms with Gasteiger partial charge in [-0.25, -0.2) is 4.79 Å². The quantitative estimate of drug-likeness (QED) is 0.616. The van der Waals surface area contributed by atoms with Crippen LogP contribution in [0.15, 0.2) is 36.4 Å². The molecule has 0 radical (unpaired) electrons. The Morgan fingerprint density at radius 2 is 1.68 bits per heavy atom. The molecule has 2 heterocycles. The first-order valence-electron chi connectivity index (χ1n) is 7.72. The number of benzene rings is 2. The number of hydrogen-bond acceptors (Lipinski definition) is 6. The number of hydrogen-bond donors (Lipinski definition) is 0. The van der Waals surface area contributed by atoms with E-state index in [0.29, 0.717) is 5.56 Å². The van der Waals surface area contributed by atoms with E-state index in [-0.39, 0.29) is 24.8 Å². The molecule has 0 aliphatic carbocycles. The van der Waals surface area contributed by atoms with Gasteiger partial charge in [-0.2, -0.15) is 8.42 Å². The minimum Gasteiger partial charge on any atom is -0.465 e. The van der Waals surface area contributed by atoms with Crippen LogP contribution in [0.1, 0.15) is 50.4 Å². The number of rotatable bonds is 4. The van der Waals surface area contributed by atoms with E-state index >= 15 is 0 Å². The predicted octanol–water partition coefficient (Wildman–Crippen LogP) is 2.47. The summed E-state index contributed by atoms with van der Waals surface area (Å²) in [4.78, 5) is 11.8. The average molecular weight is 360 g/mol. The van der Waals surface area contributed by atoms with Crippen LogP contribution in [0, 0.1) is 0 Å². The second-order valence-corrected chi connectivity index (χ2v) is 7.80. The molecule has 7 heteroatoms. The topological polar surface area (TPSA) is 78.9 Å². The zero-order valence-corrected chi connectivity index (χ0v) is 14.5. The van der Waals surface area contributed by atoms with Crippen molar-refractivity contribution in [1.29, 1.82) is 0 Å². The van der Waals surface area contributed by atoms with E-state index in [0.717, 1.165) is 34.1 Å². The Morgan fingerprint density at radius 3 is 2.36 bits per heavy atom. The Hall–Kier alpha value is -2.22. The van der Waals surface area contributed by atoms with Crippen LogP contribution < -0.4 is 0 Å². The molecule has 0 spiro atoms. The lowest BCUT2D eigenvalue weighted by atomic mass is 9.84. The highest BCUT2D eigenvalue weighted by Crippen LogP contribution is 2.54. The fourth-order valence-corrected chi connectivity index (χ4v) is 3.75. The normalized spacial score (nSPS) is 20.2. The Balaban J connectivity index is 1.68. The van der Waals surface area contributed by atoms with Crippen LogP contribution >= 0.6 is 0 Å². The highest BCUT2D eigenvalue weighted by Gasteiger charge is 2.43. The van der Waals surface area contributed by atoms with Gasteiger partial charge in [0.15, 0.2) is 0 Å². The summed E-state index contributed by atoms with van der Waals surface area (Å²) in [7, 11) is -2.15. The van der Waals surface area contributed by atoms with Crippen molar-refractivity contribution in [3.63, 3.8) is 0 Å². The van der Waals surface area contributed by atoms with Crippen LogP contribution in [0.3, 0.4) is 0 Å². The van der Waals surface area contributed by atoms with Gasteiger partial charge in [-0.3, -0.25) is 4.18 Å². The third kappa shape index (κ3) is 2.74. The molecular weight excluding hydrogens is 344 g/mol. The fourth-order valence-electron chi connectivity index (χ4n) is 3.40. The van der Waals surface area contributed by atoms with Crippen LogP contribution in [0.5, 0.6) is 0 Å². The highest BCUT2D eigenvalue weighted by molar-refractivity contribution is 7.85. The van der Waals surface area contributed by atoms with Crippen molar-refractivity contribution < 1.29 is 26.9 Å². The lowest BCUT2D eigenvalue weighted by Crippen LogP contribution is -2.08. The molecule has 0 saturated heterocycles. The van der Waals surface area contributed by atoms with Crippen molar-refractivity contribution in [2.24, 2.45) is 0 Å². The Labute approximate surface area is 145 Å². The summed E-state index contributed by atoms with van der Waals surface area (Å²) < 4.78 is 38.0. The molecule has 4 rings (SSSR count). The van der Waals surface area contributed by atoms with E-state index in [1.165, 1.54) is 7.11 Å². The van der Waals surface area contributed by atoms with Gasteiger partial charge in [0.1, 0.15) is 12.2 Å². The molecule has 2 aromatic carbocycles. The molecule has 2 aliphatic rings. The van der Waals surface area contributed by atoms with E-state index in [1.807, 2.05) is 24.3 Å². The van der Waals surface area contributed by atoms with Crippen molar-refractivity contribution in [2.75, 3.05) is 13.4 Å². The van der Waals surface area contributed by atoms with Gasteiger partial charge in [0.05, 0.1) is 25.5 Å². The van der Waals surface area contributed by atoms with E-state index in [2.05, 4.69) is 0 Å². The van der Waals surface area contributed by atoms with Gasteiger partial charge < -0.3 is 9.47 Å². The van der Waals surface area contributed by atoms with Crippen molar-refractivity contribution in [2.45, 2.75) is 18.8 Å². The van der Waals surface area contributed by atoms with Crippen molar-refractivity contribution in [3.05, 3.63) is 69.8 Å². The van der Waals surface area contributed by atoms with Crippen molar-refractivity contribution in [3.8, 4) is 0 Å². The zero-order valence-electron chi connectivity index (χ0n) is 13.7. The maximum Gasteiger partial charge on any atom is 0.337 e. The smallest absolute Gasteiger partial charge is 0.337 e. The predicted molar refractivity (Wildman–Crippen MR) is 88.6 cm³/mol. The fraction of sp³-hybridized carbons (Fsp3) is 0.278. The van der Waals surface area contributed by atoms with Crippen molar-refractivity contribution >= 4 is 16.1 Å². The first-order chi connectivity index (χ1) is 11.9. The van der Waals surface area contributed by atoms with Crippen LogP contribution in [-0.4, -0.2) is 27.8 Å². The lowest BCUT2D eigenvalue weighted by Gasteiger charge is -2.17. The maximum atomic E-state index is 11.8. The van der Waals surface area contributed by atoms with Crippen LogP contribution in [0.25, 0.3) is 0 Å². The van der Waals surface area contributed by atoms with Gasteiger partial charge >= 0.3 is 5.97 Å². The number of esters is 1. The number of ether oxygens (including phenoxy) is 2. The molecule has 130 valence electrons. The van der Waals surface area contributed by atoms with Crippen LogP contribution in [0.2, 0.25) is 0 Å². The SMILES string of the molecule is COC(=O)c1ccc2c(c1)[C@@H]1O[C@H]2c2ccc(COS(C)(=O)=O)cc21. The monoisotopic (exact) mass is 360 g/mol. The number of fused-ring (bicyclic) bond motifs is 8. The van der Waals surface area contributed by atoms with Gasteiger partial charge in [0.2, 0.25) is 0 Å². The van der Waals surface area contributed by atoms with E-state index in [4.69, 9.17) is 13.7 Å². The van der Waals surface area contributed by atoms with Gasteiger partial charge in [-0.1, -0.05) is 24.3 Å². The van der Waals surface area contributed by atoms with E-state index in [9.17, 15) is 13.2 Å². The molecule has 2 aromatic rings. The first kappa shape index (κ1) is 16.3. The minimum absolute atomic E-state index is 0.0153. The summed E-state index contributed by atoms with van der Waals surface area (Å²) in [6, 6.07) is 11.1. The Kier molecular flexibility index (Phi) is 3.68. The molecule has 0 saturated carbocycles. The summed E-state index contributed by atoms with van der Waals surface area (Å²) in [5.41, 5.74) is 5.27. The average Bonchev–Trinajstić information content (AvgIpc) is 3.15. The van der Waals surface area contributed by atoms with Gasteiger partial charge in [0.25, 0.3) is 10.1 Å². The van der Waals surface area contributed by atoms with E-state index in [1.54, 1.807) is 12.1 Å². The van der Waals surface area contributed by atoms with Crippen LogP contribution in [-0.2, 0) is 30.4 Å². The van der Waals surface area contributed by atoms with E-state index < -0.39 is 10.1 Å². The Bertz CT molecular complexity index is 979. The largest absolute Gasteiger partial charge is 0.465 e. The third-order valence-electron chi connectivity index (χ3n) is 4.50. The second kappa shape index (κ2) is 5.66.